The van der Waals surface area contributed by atoms with Crippen LogP contribution in [0.15, 0.2) is 0 Å². The predicted octanol–water partition coefficient (Wildman–Crippen LogP) is 0.330. The van der Waals surface area contributed by atoms with Crippen LogP contribution in [0.1, 0.15) is 19.3 Å². The van der Waals surface area contributed by atoms with E-state index < -0.39 is 0 Å². The lowest BCUT2D eigenvalue weighted by molar-refractivity contribution is -0.126. The molecular weight excluding hydrogens is 244 g/mol. The lowest BCUT2D eigenvalue weighted by Crippen LogP contribution is -2.32. The zero-order valence-electron chi connectivity index (χ0n) is 10.4. The minimum atomic E-state index is -0.0471. The van der Waals surface area contributed by atoms with Gasteiger partial charge in [-0.25, -0.2) is 0 Å². The van der Waals surface area contributed by atoms with Crippen LogP contribution >= 0.6 is 12.4 Å². The summed E-state index contributed by atoms with van der Waals surface area (Å²) in [6, 6.07) is 0.578. The molecule has 1 aliphatic heterocycles. The third kappa shape index (κ3) is 8.37. The van der Waals surface area contributed by atoms with Crippen molar-refractivity contribution in [2.24, 2.45) is 0 Å². The van der Waals surface area contributed by atoms with E-state index in [-0.39, 0.29) is 24.9 Å². The molecule has 1 aliphatic rings. The molecular formula is C11H23ClN2O3. The normalized spacial score (nSPS) is 18.8. The molecule has 1 atom stereocenters. The topological polar surface area (TPSA) is 59.6 Å². The molecule has 102 valence electrons. The second-order valence-corrected chi connectivity index (χ2v) is 3.98. The van der Waals surface area contributed by atoms with Crippen molar-refractivity contribution >= 4 is 18.3 Å². The summed E-state index contributed by atoms with van der Waals surface area (Å²) in [6.45, 7) is 2.96. The first-order chi connectivity index (χ1) is 7.83. The van der Waals surface area contributed by atoms with Gasteiger partial charge in [-0.2, -0.15) is 0 Å². The summed E-state index contributed by atoms with van der Waals surface area (Å²) in [6.07, 6.45) is 3.47. The molecule has 1 fully saturated rings. The Morgan fingerprint density at radius 2 is 2.29 bits per heavy atom. The van der Waals surface area contributed by atoms with Crippen molar-refractivity contribution in [3.63, 3.8) is 0 Å². The van der Waals surface area contributed by atoms with Gasteiger partial charge in [-0.3, -0.25) is 4.79 Å². The first-order valence-corrected chi connectivity index (χ1v) is 5.89. The zero-order valence-corrected chi connectivity index (χ0v) is 11.2. The summed E-state index contributed by atoms with van der Waals surface area (Å²) in [5, 5.41) is 6.23. The number of nitrogens with one attached hydrogen (secondary N) is 2. The fraction of sp³-hybridized carbons (Fsp3) is 0.909. The molecule has 5 nitrogen and oxygen atoms in total. The lowest BCUT2D eigenvalue weighted by atomic mass is 10.1. The molecule has 6 heteroatoms. The SMILES string of the molecule is COCCOCC(=O)NCC[C@H]1CCCN1.Cl. The van der Waals surface area contributed by atoms with E-state index in [9.17, 15) is 4.79 Å². The minimum absolute atomic E-state index is 0. The highest BCUT2D eigenvalue weighted by Crippen LogP contribution is 2.07. The molecule has 17 heavy (non-hydrogen) atoms. The van der Waals surface area contributed by atoms with Crippen LogP contribution in [-0.2, 0) is 14.3 Å². The van der Waals surface area contributed by atoms with Gasteiger partial charge in [0.15, 0.2) is 0 Å². The van der Waals surface area contributed by atoms with Crippen LogP contribution in [0.4, 0.5) is 0 Å². The van der Waals surface area contributed by atoms with Crippen LogP contribution in [0.25, 0.3) is 0 Å². The standard InChI is InChI=1S/C11H22N2O3.ClH/c1-15-7-8-16-9-11(14)13-6-4-10-3-2-5-12-10;/h10,12H,2-9H2,1H3,(H,13,14);1H/t10-;/m1./s1. The molecule has 0 saturated carbocycles. The van der Waals surface area contributed by atoms with Crippen molar-refractivity contribution in [1.82, 2.24) is 10.6 Å². The Balaban J connectivity index is 0.00000256. The fourth-order valence-corrected chi connectivity index (χ4v) is 1.75. The quantitative estimate of drug-likeness (QED) is 0.622. The van der Waals surface area contributed by atoms with Crippen LogP contribution in [-0.4, -0.2) is 52.0 Å². The Kier molecular flexibility index (Phi) is 10.5. The summed E-state index contributed by atoms with van der Waals surface area (Å²) < 4.78 is 9.91. The van der Waals surface area contributed by atoms with Crippen LogP contribution in [0.3, 0.4) is 0 Å². The number of halogens is 1. The number of hydrogen-bond acceptors (Lipinski definition) is 4. The second-order valence-electron chi connectivity index (χ2n) is 3.98. The maximum Gasteiger partial charge on any atom is 0.246 e. The molecule has 2 N–H and O–H groups in total. The van der Waals surface area contributed by atoms with Crippen molar-refractivity contribution in [2.75, 3.05) is 40.0 Å². The van der Waals surface area contributed by atoms with Crippen molar-refractivity contribution < 1.29 is 14.3 Å². The van der Waals surface area contributed by atoms with Gasteiger partial charge in [-0.1, -0.05) is 0 Å². The van der Waals surface area contributed by atoms with Crippen molar-refractivity contribution in [3.8, 4) is 0 Å². The highest BCUT2D eigenvalue weighted by Gasteiger charge is 2.13. The van der Waals surface area contributed by atoms with E-state index in [1.807, 2.05) is 0 Å². The average Bonchev–Trinajstić information content (AvgIpc) is 2.77. The number of rotatable bonds is 8. The van der Waals surface area contributed by atoms with Gasteiger partial charge < -0.3 is 20.1 Å². The van der Waals surface area contributed by atoms with E-state index in [0.717, 1.165) is 19.5 Å². The molecule has 1 heterocycles. The Morgan fingerprint density at radius 3 is 2.94 bits per heavy atom. The van der Waals surface area contributed by atoms with Gasteiger partial charge in [0.1, 0.15) is 6.61 Å². The molecule has 0 aliphatic carbocycles. The Hall–Kier alpha value is -0.360. The fourth-order valence-electron chi connectivity index (χ4n) is 1.75. The second kappa shape index (κ2) is 10.8. The number of ether oxygens (including phenoxy) is 2. The summed E-state index contributed by atoms with van der Waals surface area (Å²) >= 11 is 0. The molecule has 0 spiro atoms. The van der Waals surface area contributed by atoms with Crippen molar-refractivity contribution in [2.45, 2.75) is 25.3 Å². The molecule has 0 bridgehead atoms. The van der Waals surface area contributed by atoms with E-state index >= 15 is 0 Å². The molecule has 0 aromatic rings. The van der Waals surface area contributed by atoms with Gasteiger partial charge in [-0.15, -0.1) is 12.4 Å². The van der Waals surface area contributed by atoms with Gasteiger partial charge in [0, 0.05) is 19.7 Å². The number of amides is 1. The smallest absolute Gasteiger partial charge is 0.246 e. The molecule has 1 rings (SSSR count). The third-order valence-electron chi connectivity index (χ3n) is 2.64. The van der Waals surface area contributed by atoms with E-state index in [1.165, 1.54) is 12.8 Å². The lowest BCUT2D eigenvalue weighted by Gasteiger charge is -2.10. The highest BCUT2D eigenvalue weighted by atomic mass is 35.5. The summed E-state index contributed by atoms with van der Waals surface area (Å²) in [5.74, 6) is -0.0471. The predicted molar refractivity (Wildman–Crippen MR) is 68.6 cm³/mol. The number of methoxy groups -OCH3 is 1. The maximum absolute atomic E-state index is 11.3. The average molecular weight is 267 g/mol. The van der Waals surface area contributed by atoms with Gasteiger partial charge in [-0.05, 0) is 25.8 Å². The molecule has 1 amide bonds. The monoisotopic (exact) mass is 266 g/mol. The molecule has 0 unspecified atom stereocenters. The summed E-state index contributed by atoms with van der Waals surface area (Å²) in [5.41, 5.74) is 0. The molecule has 1 saturated heterocycles. The summed E-state index contributed by atoms with van der Waals surface area (Å²) in [7, 11) is 1.61. The van der Waals surface area contributed by atoms with Crippen molar-refractivity contribution in [1.29, 1.82) is 0 Å². The minimum Gasteiger partial charge on any atom is -0.382 e. The van der Waals surface area contributed by atoms with Gasteiger partial charge in [0.2, 0.25) is 5.91 Å². The first kappa shape index (κ1) is 16.6. The summed E-state index contributed by atoms with van der Waals surface area (Å²) in [4.78, 5) is 11.3. The van der Waals surface area contributed by atoms with Gasteiger partial charge in [0.05, 0.1) is 13.2 Å². The maximum atomic E-state index is 11.3. The first-order valence-electron chi connectivity index (χ1n) is 5.89. The van der Waals surface area contributed by atoms with Gasteiger partial charge in [0.25, 0.3) is 0 Å². The third-order valence-corrected chi connectivity index (χ3v) is 2.64. The number of carbonyl (C=O) groups is 1. The van der Waals surface area contributed by atoms with Crippen LogP contribution in [0.2, 0.25) is 0 Å². The van der Waals surface area contributed by atoms with Crippen LogP contribution in [0, 0.1) is 0 Å². The van der Waals surface area contributed by atoms with Crippen LogP contribution < -0.4 is 10.6 Å². The number of carbonyl (C=O) groups excluding carboxylic acids is 1. The van der Waals surface area contributed by atoms with E-state index in [0.29, 0.717) is 19.3 Å². The zero-order chi connectivity index (χ0) is 11.6. The van der Waals surface area contributed by atoms with E-state index in [2.05, 4.69) is 10.6 Å². The van der Waals surface area contributed by atoms with Crippen molar-refractivity contribution in [3.05, 3.63) is 0 Å². The highest BCUT2D eigenvalue weighted by molar-refractivity contribution is 5.85. The van der Waals surface area contributed by atoms with Crippen LogP contribution in [0.5, 0.6) is 0 Å². The Bertz CT molecular complexity index is 199. The molecule has 0 aromatic carbocycles. The van der Waals surface area contributed by atoms with E-state index in [4.69, 9.17) is 9.47 Å². The molecule has 0 radical (unpaired) electrons. The van der Waals surface area contributed by atoms with Gasteiger partial charge >= 0.3 is 0 Å². The largest absolute Gasteiger partial charge is 0.382 e. The Labute approximate surface area is 109 Å². The Morgan fingerprint density at radius 1 is 1.47 bits per heavy atom. The van der Waals surface area contributed by atoms with E-state index in [1.54, 1.807) is 7.11 Å². The molecule has 0 aromatic heterocycles. The number of hydrogen-bond donors (Lipinski definition) is 2.